The van der Waals surface area contributed by atoms with Crippen molar-refractivity contribution in [1.29, 1.82) is 0 Å². The van der Waals surface area contributed by atoms with Gasteiger partial charge in [0.15, 0.2) is 6.61 Å². The lowest BCUT2D eigenvalue weighted by Gasteiger charge is -2.20. The van der Waals surface area contributed by atoms with Crippen molar-refractivity contribution < 1.29 is 14.3 Å². The molecule has 0 atom stereocenters. The van der Waals surface area contributed by atoms with Crippen LogP contribution in [0, 0.1) is 13.8 Å². The zero-order valence-electron chi connectivity index (χ0n) is 13.4. The van der Waals surface area contributed by atoms with E-state index < -0.39 is 5.97 Å². The molecule has 5 nitrogen and oxygen atoms in total. The third-order valence-electron chi connectivity index (χ3n) is 3.07. The number of fused-ring (bicyclic) bond motifs is 1. The minimum Gasteiger partial charge on any atom is -0.451 e. The Bertz CT molecular complexity index is 729. The quantitative estimate of drug-likeness (QED) is 0.883. The van der Waals surface area contributed by atoms with Crippen LogP contribution in [0.5, 0.6) is 0 Å². The molecule has 1 amide bonds. The van der Waals surface area contributed by atoms with E-state index in [0.29, 0.717) is 4.88 Å². The summed E-state index contributed by atoms with van der Waals surface area (Å²) >= 11 is 1.29. The van der Waals surface area contributed by atoms with E-state index in [2.05, 4.69) is 10.3 Å². The van der Waals surface area contributed by atoms with Crippen LogP contribution in [0.15, 0.2) is 12.3 Å². The molecule has 1 N–H and O–H groups in total. The molecular formula is C16H20N2O3S. The van der Waals surface area contributed by atoms with Crippen LogP contribution in [0.1, 0.15) is 41.6 Å². The molecule has 2 rings (SSSR count). The van der Waals surface area contributed by atoms with Gasteiger partial charge in [-0.25, -0.2) is 9.78 Å². The van der Waals surface area contributed by atoms with Crippen molar-refractivity contribution >= 4 is 33.4 Å². The number of esters is 1. The molecule has 2 aromatic heterocycles. The van der Waals surface area contributed by atoms with Crippen LogP contribution in [-0.2, 0) is 9.53 Å². The van der Waals surface area contributed by atoms with Crippen molar-refractivity contribution in [3.05, 3.63) is 28.3 Å². The largest absolute Gasteiger partial charge is 0.451 e. The van der Waals surface area contributed by atoms with E-state index in [-0.39, 0.29) is 18.1 Å². The number of nitrogens with one attached hydrogen (secondary N) is 1. The summed E-state index contributed by atoms with van der Waals surface area (Å²) in [5.41, 5.74) is 1.58. The zero-order chi connectivity index (χ0) is 16.5. The highest BCUT2D eigenvalue weighted by Gasteiger charge is 2.20. The predicted molar refractivity (Wildman–Crippen MR) is 87.3 cm³/mol. The first kappa shape index (κ1) is 16.4. The SMILES string of the molecule is Cc1ccnc2sc(C(=O)OCC(=O)NC(C)(C)C)c(C)c12. The minimum atomic E-state index is -0.482. The number of ether oxygens (including phenoxy) is 1. The van der Waals surface area contributed by atoms with Gasteiger partial charge < -0.3 is 10.1 Å². The molecule has 0 fully saturated rings. The number of aryl methyl sites for hydroxylation is 2. The summed E-state index contributed by atoms with van der Waals surface area (Å²) in [6.07, 6.45) is 1.72. The van der Waals surface area contributed by atoms with E-state index in [4.69, 9.17) is 4.74 Å². The van der Waals surface area contributed by atoms with Crippen LogP contribution in [0.3, 0.4) is 0 Å². The highest BCUT2D eigenvalue weighted by Crippen LogP contribution is 2.31. The molecule has 22 heavy (non-hydrogen) atoms. The van der Waals surface area contributed by atoms with E-state index >= 15 is 0 Å². The van der Waals surface area contributed by atoms with Crippen molar-refractivity contribution in [2.24, 2.45) is 0 Å². The summed E-state index contributed by atoms with van der Waals surface area (Å²) in [5.74, 6) is -0.794. The van der Waals surface area contributed by atoms with Crippen molar-refractivity contribution in [2.45, 2.75) is 40.2 Å². The molecule has 0 unspecified atom stereocenters. The van der Waals surface area contributed by atoms with Crippen LogP contribution in [0.4, 0.5) is 0 Å². The maximum Gasteiger partial charge on any atom is 0.349 e. The van der Waals surface area contributed by atoms with Crippen molar-refractivity contribution in [2.75, 3.05) is 6.61 Å². The summed E-state index contributed by atoms with van der Waals surface area (Å²) in [5, 5.41) is 3.74. The summed E-state index contributed by atoms with van der Waals surface area (Å²) in [6, 6.07) is 1.91. The van der Waals surface area contributed by atoms with Crippen LogP contribution >= 0.6 is 11.3 Å². The number of carbonyl (C=O) groups excluding carboxylic acids is 2. The van der Waals surface area contributed by atoms with Gasteiger partial charge >= 0.3 is 5.97 Å². The maximum absolute atomic E-state index is 12.2. The van der Waals surface area contributed by atoms with Crippen LogP contribution in [0.25, 0.3) is 10.2 Å². The van der Waals surface area contributed by atoms with E-state index in [1.54, 1.807) is 6.20 Å². The number of thiophene rings is 1. The van der Waals surface area contributed by atoms with E-state index in [1.807, 2.05) is 40.7 Å². The zero-order valence-corrected chi connectivity index (χ0v) is 14.3. The molecule has 0 saturated carbocycles. The van der Waals surface area contributed by atoms with Crippen molar-refractivity contribution in [3.63, 3.8) is 0 Å². The van der Waals surface area contributed by atoms with E-state index in [1.165, 1.54) is 11.3 Å². The van der Waals surface area contributed by atoms with E-state index in [0.717, 1.165) is 21.3 Å². The summed E-state index contributed by atoms with van der Waals surface area (Å²) < 4.78 is 5.12. The van der Waals surface area contributed by atoms with Gasteiger partial charge in [0.25, 0.3) is 5.91 Å². The summed E-state index contributed by atoms with van der Waals surface area (Å²) in [7, 11) is 0. The maximum atomic E-state index is 12.2. The standard InChI is InChI=1S/C16H20N2O3S/c1-9-6-7-17-14-12(9)10(2)13(22-14)15(20)21-8-11(19)18-16(3,4)5/h6-7H,8H2,1-5H3,(H,18,19). The highest BCUT2D eigenvalue weighted by atomic mass is 32.1. The Morgan fingerprint density at radius 3 is 2.59 bits per heavy atom. The molecule has 0 aliphatic rings. The second-order valence-electron chi connectivity index (χ2n) is 6.24. The number of amides is 1. The second-order valence-corrected chi connectivity index (χ2v) is 7.24. The Kier molecular flexibility index (Phi) is 4.51. The molecule has 0 aromatic carbocycles. The van der Waals surface area contributed by atoms with Gasteiger partial charge in [-0.15, -0.1) is 11.3 Å². The second kappa shape index (κ2) is 6.04. The number of carbonyl (C=O) groups is 2. The highest BCUT2D eigenvalue weighted by molar-refractivity contribution is 7.20. The predicted octanol–water partition coefficient (Wildman–Crippen LogP) is 2.98. The minimum absolute atomic E-state index is 0.282. The molecule has 0 saturated heterocycles. The van der Waals surface area contributed by atoms with Crippen LogP contribution < -0.4 is 5.32 Å². The van der Waals surface area contributed by atoms with Gasteiger partial charge in [0.2, 0.25) is 0 Å². The Morgan fingerprint density at radius 1 is 1.32 bits per heavy atom. The van der Waals surface area contributed by atoms with Crippen molar-refractivity contribution in [1.82, 2.24) is 10.3 Å². The van der Waals surface area contributed by atoms with Gasteiger partial charge in [-0.2, -0.15) is 0 Å². The van der Waals surface area contributed by atoms with Crippen LogP contribution in [0.2, 0.25) is 0 Å². The topological polar surface area (TPSA) is 68.3 Å². The molecule has 0 aliphatic carbocycles. The molecule has 0 aliphatic heterocycles. The lowest BCUT2D eigenvalue weighted by molar-refractivity contribution is -0.125. The first-order valence-corrected chi connectivity index (χ1v) is 7.83. The van der Waals surface area contributed by atoms with Gasteiger partial charge in [0.1, 0.15) is 9.71 Å². The van der Waals surface area contributed by atoms with Gasteiger partial charge in [0.05, 0.1) is 0 Å². The molecule has 118 valence electrons. The Balaban J connectivity index is 2.12. The number of hydrogen-bond acceptors (Lipinski definition) is 5. The average Bonchev–Trinajstić information content (AvgIpc) is 2.73. The third kappa shape index (κ3) is 3.62. The lowest BCUT2D eigenvalue weighted by atomic mass is 10.1. The smallest absolute Gasteiger partial charge is 0.349 e. The molecule has 2 heterocycles. The summed E-state index contributed by atoms with van der Waals surface area (Å²) in [4.78, 5) is 29.5. The normalized spacial score (nSPS) is 11.5. The monoisotopic (exact) mass is 320 g/mol. The fraction of sp³-hybridized carbons (Fsp3) is 0.438. The molecule has 0 spiro atoms. The third-order valence-corrected chi connectivity index (χ3v) is 4.25. The number of pyridine rings is 1. The number of rotatable bonds is 3. The van der Waals surface area contributed by atoms with Gasteiger partial charge in [-0.1, -0.05) is 0 Å². The number of hydrogen-bond donors (Lipinski definition) is 1. The fourth-order valence-corrected chi connectivity index (χ4v) is 3.32. The van der Waals surface area contributed by atoms with Crippen molar-refractivity contribution in [3.8, 4) is 0 Å². The molecule has 0 bridgehead atoms. The number of nitrogens with zero attached hydrogens (tertiary/aromatic N) is 1. The summed E-state index contributed by atoms with van der Waals surface area (Å²) in [6.45, 7) is 9.19. The molecule has 2 aromatic rings. The first-order valence-electron chi connectivity index (χ1n) is 7.02. The number of aromatic nitrogens is 1. The Labute approximate surface area is 133 Å². The van der Waals surface area contributed by atoms with Gasteiger partial charge in [-0.05, 0) is 51.8 Å². The fourth-order valence-electron chi connectivity index (χ4n) is 2.20. The first-order chi connectivity index (χ1) is 10.2. The molecule has 0 radical (unpaired) electrons. The van der Waals surface area contributed by atoms with Gasteiger partial charge in [0, 0.05) is 17.1 Å². The Hall–Kier alpha value is -1.95. The Morgan fingerprint density at radius 2 is 2.00 bits per heavy atom. The molecular weight excluding hydrogens is 300 g/mol. The lowest BCUT2D eigenvalue weighted by Crippen LogP contribution is -2.42. The van der Waals surface area contributed by atoms with Gasteiger partial charge in [-0.3, -0.25) is 4.79 Å². The molecule has 6 heteroatoms. The van der Waals surface area contributed by atoms with E-state index in [9.17, 15) is 9.59 Å². The van der Waals surface area contributed by atoms with Crippen LogP contribution in [-0.4, -0.2) is 29.0 Å². The average molecular weight is 320 g/mol.